The third-order valence-electron chi connectivity index (χ3n) is 4.62. The molecule has 0 aliphatic carbocycles. The Balaban J connectivity index is 1.69. The normalized spacial score (nSPS) is 14.9. The van der Waals surface area contributed by atoms with Crippen LogP contribution >= 0.6 is 7.14 Å². The van der Waals surface area contributed by atoms with Gasteiger partial charge in [0, 0.05) is 40.1 Å². The molecule has 0 saturated heterocycles. The van der Waals surface area contributed by atoms with Gasteiger partial charge in [-0.3, -0.25) is 9.78 Å². The van der Waals surface area contributed by atoms with Crippen molar-refractivity contribution in [3.05, 3.63) is 78.1 Å². The van der Waals surface area contributed by atoms with Crippen LogP contribution in [0.1, 0.15) is 11.1 Å². The Morgan fingerprint density at radius 2 is 1.78 bits per heavy atom. The summed E-state index contributed by atoms with van der Waals surface area (Å²) in [6.07, 6.45) is 5.41. The summed E-state index contributed by atoms with van der Waals surface area (Å²) in [6.45, 7) is 3.50. The number of aromatic nitrogens is 1. The predicted molar refractivity (Wildman–Crippen MR) is 112 cm³/mol. The van der Waals surface area contributed by atoms with Gasteiger partial charge in [-0.05, 0) is 42.7 Å². The number of pyridine rings is 1. The Morgan fingerprint density at radius 1 is 1.00 bits per heavy atom. The van der Waals surface area contributed by atoms with Crippen LogP contribution in [0.25, 0.3) is 22.8 Å². The highest BCUT2D eigenvalue weighted by Gasteiger charge is 2.24. The maximum absolute atomic E-state index is 12.5. The van der Waals surface area contributed by atoms with Gasteiger partial charge in [-0.2, -0.15) is 0 Å². The Morgan fingerprint density at radius 3 is 2.44 bits per heavy atom. The Kier molecular flexibility index (Phi) is 4.29. The first-order chi connectivity index (χ1) is 12.9. The molecule has 134 valence electrons. The van der Waals surface area contributed by atoms with Gasteiger partial charge in [0.25, 0.3) is 5.91 Å². The van der Waals surface area contributed by atoms with Gasteiger partial charge in [0.2, 0.25) is 0 Å². The molecule has 2 heterocycles. The van der Waals surface area contributed by atoms with E-state index in [0.29, 0.717) is 5.57 Å². The molecule has 1 aliphatic heterocycles. The van der Waals surface area contributed by atoms with E-state index in [1.54, 1.807) is 25.7 Å². The zero-order valence-corrected chi connectivity index (χ0v) is 16.0. The summed E-state index contributed by atoms with van der Waals surface area (Å²) < 4.78 is 12.2. The molecule has 4 nitrogen and oxygen atoms in total. The van der Waals surface area contributed by atoms with E-state index in [0.717, 1.165) is 33.2 Å². The van der Waals surface area contributed by atoms with Crippen molar-refractivity contribution in [2.24, 2.45) is 0 Å². The Hall–Kier alpha value is -2.97. The van der Waals surface area contributed by atoms with E-state index in [4.69, 9.17) is 0 Å². The second kappa shape index (κ2) is 6.64. The minimum Gasteiger partial charge on any atom is -0.321 e. The van der Waals surface area contributed by atoms with Gasteiger partial charge in [-0.25, -0.2) is 0 Å². The SMILES string of the molecule is CP(C)(=O)c1ccc(/C=C2\C(=O)Nc3cc(-c4cccnc4)ccc32)cc1. The first kappa shape index (κ1) is 17.4. The zero-order valence-electron chi connectivity index (χ0n) is 15.1. The second-order valence-corrected chi connectivity index (χ2v) is 10.2. The van der Waals surface area contributed by atoms with Crippen LogP contribution < -0.4 is 10.6 Å². The van der Waals surface area contributed by atoms with Crippen molar-refractivity contribution in [2.45, 2.75) is 0 Å². The molecule has 27 heavy (non-hydrogen) atoms. The number of amides is 1. The molecule has 1 aliphatic rings. The first-order valence-electron chi connectivity index (χ1n) is 8.65. The molecule has 2 aromatic carbocycles. The van der Waals surface area contributed by atoms with Crippen LogP contribution in [0, 0.1) is 0 Å². The lowest BCUT2D eigenvalue weighted by molar-refractivity contribution is -0.110. The zero-order chi connectivity index (χ0) is 19.0. The molecule has 0 bridgehead atoms. The van der Waals surface area contributed by atoms with Crippen molar-refractivity contribution in [2.75, 3.05) is 18.6 Å². The third-order valence-corrected chi connectivity index (χ3v) is 6.17. The molecule has 0 fully saturated rings. The number of nitrogens with one attached hydrogen (secondary N) is 1. The lowest BCUT2D eigenvalue weighted by Gasteiger charge is -2.07. The molecule has 1 amide bonds. The molecular weight excluding hydrogens is 355 g/mol. The smallest absolute Gasteiger partial charge is 0.256 e. The maximum atomic E-state index is 12.5. The number of hydrogen-bond donors (Lipinski definition) is 1. The molecule has 1 aromatic heterocycles. The Bertz CT molecular complexity index is 1100. The predicted octanol–water partition coefficient (Wildman–Crippen LogP) is 4.49. The van der Waals surface area contributed by atoms with E-state index >= 15 is 0 Å². The average Bonchev–Trinajstić information content (AvgIpc) is 2.97. The van der Waals surface area contributed by atoms with Crippen LogP contribution in [-0.2, 0) is 9.36 Å². The first-order valence-corrected chi connectivity index (χ1v) is 11.3. The largest absolute Gasteiger partial charge is 0.321 e. The van der Waals surface area contributed by atoms with E-state index in [2.05, 4.69) is 10.3 Å². The molecular formula is C22H19N2O2P. The third kappa shape index (κ3) is 3.49. The lowest BCUT2D eigenvalue weighted by atomic mass is 10.00. The number of anilines is 1. The van der Waals surface area contributed by atoms with Gasteiger partial charge >= 0.3 is 0 Å². The van der Waals surface area contributed by atoms with E-state index < -0.39 is 7.14 Å². The van der Waals surface area contributed by atoms with E-state index in [1.165, 1.54) is 0 Å². The molecule has 1 N–H and O–H groups in total. The molecule has 0 spiro atoms. The van der Waals surface area contributed by atoms with Crippen LogP contribution in [0.3, 0.4) is 0 Å². The van der Waals surface area contributed by atoms with Crippen LogP contribution in [0.4, 0.5) is 5.69 Å². The van der Waals surface area contributed by atoms with Crippen molar-refractivity contribution < 1.29 is 9.36 Å². The number of hydrogen-bond acceptors (Lipinski definition) is 3. The van der Waals surface area contributed by atoms with Gasteiger partial charge < -0.3 is 9.88 Å². The molecule has 0 atom stereocenters. The number of carbonyl (C=O) groups excluding carboxylic acids is 1. The van der Waals surface area contributed by atoms with Gasteiger partial charge in [-0.1, -0.05) is 42.5 Å². The maximum Gasteiger partial charge on any atom is 0.256 e. The summed E-state index contributed by atoms with van der Waals surface area (Å²) in [5.74, 6) is -0.117. The van der Waals surface area contributed by atoms with Crippen molar-refractivity contribution >= 4 is 35.7 Å². The average molecular weight is 374 g/mol. The summed E-state index contributed by atoms with van der Waals surface area (Å²) in [4.78, 5) is 16.6. The van der Waals surface area contributed by atoms with Crippen molar-refractivity contribution in [3.63, 3.8) is 0 Å². The van der Waals surface area contributed by atoms with E-state index in [1.807, 2.05) is 60.7 Å². The van der Waals surface area contributed by atoms with Gasteiger partial charge in [0.15, 0.2) is 0 Å². The number of benzene rings is 2. The molecule has 3 aromatic rings. The summed E-state index contributed by atoms with van der Waals surface area (Å²) in [5.41, 5.74) is 5.23. The van der Waals surface area contributed by atoms with E-state index in [-0.39, 0.29) is 5.91 Å². The Labute approximate surface area is 158 Å². The van der Waals surface area contributed by atoms with Gasteiger partial charge in [0.05, 0.1) is 0 Å². The van der Waals surface area contributed by atoms with Crippen LogP contribution in [0.2, 0.25) is 0 Å². The minimum atomic E-state index is -2.28. The second-order valence-electron chi connectivity index (χ2n) is 6.96. The quantitative estimate of drug-likeness (QED) is 0.543. The summed E-state index contributed by atoms with van der Waals surface area (Å²) in [7, 11) is -2.28. The number of carbonyl (C=O) groups is 1. The summed E-state index contributed by atoms with van der Waals surface area (Å²) in [5, 5.41) is 3.78. The fraction of sp³-hybridized carbons (Fsp3) is 0.0909. The summed E-state index contributed by atoms with van der Waals surface area (Å²) in [6, 6.07) is 17.3. The topological polar surface area (TPSA) is 59.1 Å². The number of fused-ring (bicyclic) bond motifs is 1. The molecule has 5 heteroatoms. The summed E-state index contributed by atoms with van der Waals surface area (Å²) >= 11 is 0. The fourth-order valence-electron chi connectivity index (χ4n) is 3.15. The molecule has 0 saturated carbocycles. The van der Waals surface area contributed by atoms with Crippen molar-refractivity contribution in [1.82, 2.24) is 4.98 Å². The van der Waals surface area contributed by atoms with Crippen molar-refractivity contribution in [1.29, 1.82) is 0 Å². The van der Waals surface area contributed by atoms with Crippen LogP contribution in [-0.4, -0.2) is 24.2 Å². The minimum absolute atomic E-state index is 0.117. The molecule has 4 rings (SSSR count). The molecule has 0 unspecified atom stereocenters. The van der Waals surface area contributed by atoms with Crippen LogP contribution in [0.15, 0.2) is 67.0 Å². The highest BCUT2D eigenvalue weighted by Crippen LogP contribution is 2.37. The standard InChI is InChI=1S/C22H19N2O2P/c1-27(2,26)18-8-5-15(6-9-18)12-20-19-10-7-16(13-21(19)24-22(20)25)17-4-3-11-23-14-17/h3-14H,1-2H3,(H,24,25)/b20-12-. The number of rotatable bonds is 3. The monoisotopic (exact) mass is 374 g/mol. The van der Waals surface area contributed by atoms with Gasteiger partial charge in [-0.15, -0.1) is 0 Å². The van der Waals surface area contributed by atoms with Crippen LogP contribution in [0.5, 0.6) is 0 Å². The highest BCUT2D eigenvalue weighted by atomic mass is 31.2. The number of nitrogens with zero attached hydrogens (tertiary/aromatic N) is 1. The van der Waals surface area contributed by atoms with Gasteiger partial charge in [0.1, 0.15) is 7.14 Å². The lowest BCUT2D eigenvalue weighted by Crippen LogP contribution is -2.04. The highest BCUT2D eigenvalue weighted by molar-refractivity contribution is 7.70. The van der Waals surface area contributed by atoms with Crippen molar-refractivity contribution in [3.8, 4) is 11.1 Å². The molecule has 0 radical (unpaired) electrons. The fourth-order valence-corrected chi connectivity index (χ4v) is 4.01. The van der Waals surface area contributed by atoms with E-state index in [9.17, 15) is 9.36 Å².